The van der Waals surface area contributed by atoms with Gasteiger partial charge in [-0.2, -0.15) is 0 Å². The van der Waals surface area contributed by atoms with Crippen molar-refractivity contribution in [3.8, 4) is 0 Å². The average molecular weight is 416 g/mol. The standard InChI is InChI=1S/C20H18ClN3O3S/c1-14-5-8-16(9-6-14)24-28(26,27)19-12-15(7-10-18(19)21)20(25)23-13-17-4-2-3-11-22-17/h2-12,24H,13H2,1H3,(H,23,25). The molecule has 0 fully saturated rings. The van der Waals surface area contributed by atoms with Crippen molar-refractivity contribution in [2.45, 2.75) is 18.4 Å². The molecule has 1 aromatic heterocycles. The number of hydrogen-bond acceptors (Lipinski definition) is 4. The van der Waals surface area contributed by atoms with E-state index in [2.05, 4.69) is 15.0 Å². The van der Waals surface area contributed by atoms with Gasteiger partial charge in [-0.3, -0.25) is 14.5 Å². The van der Waals surface area contributed by atoms with Gasteiger partial charge < -0.3 is 5.32 Å². The van der Waals surface area contributed by atoms with Crippen molar-refractivity contribution in [1.82, 2.24) is 10.3 Å². The molecule has 0 radical (unpaired) electrons. The van der Waals surface area contributed by atoms with Crippen LogP contribution in [0.4, 0.5) is 5.69 Å². The molecular weight excluding hydrogens is 398 g/mol. The first kappa shape index (κ1) is 19.9. The van der Waals surface area contributed by atoms with E-state index in [9.17, 15) is 13.2 Å². The Morgan fingerprint density at radius 1 is 1.07 bits per heavy atom. The lowest BCUT2D eigenvalue weighted by Gasteiger charge is -2.11. The lowest BCUT2D eigenvalue weighted by Crippen LogP contribution is -2.24. The fourth-order valence-electron chi connectivity index (χ4n) is 2.46. The minimum absolute atomic E-state index is 0.0286. The molecule has 0 spiro atoms. The van der Waals surface area contributed by atoms with Gasteiger partial charge >= 0.3 is 0 Å². The number of amides is 1. The van der Waals surface area contributed by atoms with Crippen LogP contribution in [0.3, 0.4) is 0 Å². The Hall–Kier alpha value is -2.90. The third-order valence-electron chi connectivity index (χ3n) is 3.94. The fourth-order valence-corrected chi connectivity index (χ4v) is 4.04. The number of hydrogen-bond donors (Lipinski definition) is 2. The van der Waals surface area contributed by atoms with Gasteiger partial charge in [0.25, 0.3) is 15.9 Å². The first-order valence-electron chi connectivity index (χ1n) is 8.42. The molecular formula is C20H18ClN3O3S. The van der Waals surface area contributed by atoms with E-state index >= 15 is 0 Å². The van der Waals surface area contributed by atoms with E-state index in [1.165, 1.54) is 18.2 Å². The number of nitrogens with one attached hydrogen (secondary N) is 2. The van der Waals surface area contributed by atoms with Crippen molar-refractivity contribution in [2.24, 2.45) is 0 Å². The van der Waals surface area contributed by atoms with Crippen molar-refractivity contribution in [3.05, 3.63) is 88.7 Å². The summed E-state index contributed by atoms with van der Waals surface area (Å²) in [7, 11) is -3.95. The summed E-state index contributed by atoms with van der Waals surface area (Å²) in [6.45, 7) is 2.13. The van der Waals surface area contributed by atoms with Gasteiger partial charge in [0, 0.05) is 17.4 Å². The molecule has 0 bridgehead atoms. The van der Waals surface area contributed by atoms with Crippen molar-refractivity contribution in [1.29, 1.82) is 0 Å². The summed E-state index contributed by atoms with van der Waals surface area (Å²) >= 11 is 6.09. The SMILES string of the molecule is Cc1ccc(NS(=O)(=O)c2cc(C(=O)NCc3ccccn3)ccc2Cl)cc1. The predicted octanol–water partition coefficient (Wildman–Crippen LogP) is 3.77. The van der Waals surface area contributed by atoms with Crippen LogP contribution >= 0.6 is 11.6 Å². The summed E-state index contributed by atoms with van der Waals surface area (Å²) in [4.78, 5) is 16.4. The van der Waals surface area contributed by atoms with E-state index in [0.29, 0.717) is 11.4 Å². The molecule has 28 heavy (non-hydrogen) atoms. The smallest absolute Gasteiger partial charge is 0.263 e. The lowest BCUT2D eigenvalue weighted by atomic mass is 10.2. The van der Waals surface area contributed by atoms with Crippen LogP contribution in [-0.4, -0.2) is 19.3 Å². The Morgan fingerprint density at radius 3 is 2.50 bits per heavy atom. The fraction of sp³-hybridized carbons (Fsp3) is 0.100. The van der Waals surface area contributed by atoms with E-state index in [1.54, 1.807) is 42.6 Å². The molecule has 2 N–H and O–H groups in total. The second-order valence-corrected chi connectivity index (χ2v) is 8.18. The molecule has 0 unspecified atom stereocenters. The molecule has 8 heteroatoms. The first-order chi connectivity index (χ1) is 13.3. The summed E-state index contributed by atoms with van der Waals surface area (Å²) < 4.78 is 27.9. The van der Waals surface area contributed by atoms with Crippen molar-refractivity contribution in [3.63, 3.8) is 0 Å². The summed E-state index contributed by atoms with van der Waals surface area (Å²) in [6, 6.07) is 16.4. The Morgan fingerprint density at radius 2 is 1.82 bits per heavy atom. The minimum atomic E-state index is -3.95. The molecule has 1 amide bonds. The van der Waals surface area contributed by atoms with Crippen LogP contribution in [0.25, 0.3) is 0 Å². The number of rotatable bonds is 6. The number of benzene rings is 2. The third kappa shape index (κ3) is 4.88. The van der Waals surface area contributed by atoms with Gasteiger partial charge in [-0.15, -0.1) is 0 Å². The van der Waals surface area contributed by atoms with Gasteiger partial charge in [0.15, 0.2) is 0 Å². The van der Waals surface area contributed by atoms with Crippen LogP contribution in [-0.2, 0) is 16.6 Å². The molecule has 0 atom stereocenters. The molecule has 2 aromatic carbocycles. The number of pyridine rings is 1. The second-order valence-electron chi connectivity index (χ2n) is 6.12. The van der Waals surface area contributed by atoms with Crippen molar-refractivity contribution < 1.29 is 13.2 Å². The highest BCUT2D eigenvalue weighted by Crippen LogP contribution is 2.25. The molecule has 3 rings (SSSR count). The van der Waals surface area contributed by atoms with E-state index in [-0.39, 0.29) is 22.0 Å². The van der Waals surface area contributed by atoms with Gasteiger partial charge in [-0.05, 0) is 49.4 Å². The molecule has 6 nitrogen and oxygen atoms in total. The third-order valence-corrected chi connectivity index (χ3v) is 5.81. The number of halogens is 1. The van der Waals surface area contributed by atoms with Gasteiger partial charge in [-0.1, -0.05) is 35.4 Å². The monoisotopic (exact) mass is 415 g/mol. The molecule has 144 valence electrons. The van der Waals surface area contributed by atoms with E-state index in [1.807, 2.05) is 13.0 Å². The molecule has 0 aliphatic heterocycles. The maximum Gasteiger partial charge on any atom is 0.263 e. The summed E-state index contributed by atoms with van der Waals surface area (Å²) in [6.07, 6.45) is 1.63. The predicted molar refractivity (Wildman–Crippen MR) is 109 cm³/mol. The topological polar surface area (TPSA) is 88.2 Å². The Kier molecular flexibility index (Phi) is 5.96. The van der Waals surface area contributed by atoms with E-state index in [4.69, 9.17) is 11.6 Å². The van der Waals surface area contributed by atoms with Crippen LogP contribution in [0.5, 0.6) is 0 Å². The number of aryl methyl sites for hydroxylation is 1. The van der Waals surface area contributed by atoms with Gasteiger partial charge in [-0.25, -0.2) is 8.42 Å². The Labute approximate surface area is 168 Å². The molecule has 0 saturated heterocycles. The lowest BCUT2D eigenvalue weighted by molar-refractivity contribution is 0.0950. The van der Waals surface area contributed by atoms with Crippen molar-refractivity contribution in [2.75, 3.05) is 4.72 Å². The minimum Gasteiger partial charge on any atom is -0.346 e. The second kappa shape index (κ2) is 8.41. The molecule has 0 aliphatic carbocycles. The number of anilines is 1. The van der Waals surface area contributed by atoms with Gasteiger partial charge in [0.1, 0.15) is 4.90 Å². The zero-order chi connectivity index (χ0) is 20.1. The molecule has 3 aromatic rings. The number of sulfonamides is 1. The zero-order valence-corrected chi connectivity index (χ0v) is 16.6. The Balaban J connectivity index is 1.80. The number of carbonyl (C=O) groups is 1. The van der Waals surface area contributed by atoms with Crippen LogP contribution in [0.15, 0.2) is 71.8 Å². The maximum atomic E-state index is 12.7. The van der Waals surface area contributed by atoms with Gasteiger partial charge in [0.2, 0.25) is 0 Å². The highest BCUT2D eigenvalue weighted by atomic mass is 35.5. The van der Waals surface area contributed by atoms with Crippen LogP contribution in [0.2, 0.25) is 5.02 Å². The number of carbonyl (C=O) groups excluding carboxylic acids is 1. The average Bonchev–Trinajstić information content (AvgIpc) is 2.69. The highest BCUT2D eigenvalue weighted by Gasteiger charge is 2.20. The first-order valence-corrected chi connectivity index (χ1v) is 10.3. The Bertz CT molecular complexity index is 1090. The molecule has 0 saturated carbocycles. The van der Waals surface area contributed by atoms with Crippen LogP contribution < -0.4 is 10.0 Å². The largest absolute Gasteiger partial charge is 0.346 e. The van der Waals surface area contributed by atoms with Crippen molar-refractivity contribution >= 4 is 33.2 Å². The van der Waals surface area contributed by atoms with Gasteiger partial charge in [0.05, 0.1) is 17.3 Å². The zero-order valence-electron chi connectivity index (χ0n) is 15.0. The number of aromatic nitrogens is 1. The summed E-state index contributed by atoms with van der Waals surface area (Å²) in [5.41, 5.74) is 2.29. The number of nitrogens with zero attached hydrogens (tertiary/aromatic N) is 1. The molecule has 1 heterocycles. The maximum absolute atomic E-state index is 12.7. The normalized spacial score (nSPS) is 11.1. The van der Waals surface area contributed by atoms with Crippen LogP contribution in [0.1, 0.15) is 21.6 Å². The van der Waals surface area contributed by atoms with E-state index < -0.39 is 15.9 Å². The molecule has 0 aliphatic rings. The highest BCUT2D eigenvalue weighted by molar-refractivity contribution is 7.92. The van der Waals surface area contributed by atoms with E-state index in [0.717, 1.165) is 5.56 Å². The van der Waals surface area contributed by atoms with Crippen LogP contribution in [0, 0.1) is 6.92 Å². The quantitative estimate of drug-likeness (QED) is 0.641. The summed E-state index contributed by atoms with van der Waals surface area (Å²) in [5, 5.41) is 2.74. The summed E-state index contributed by atoms with van der Waals surface area (Å²) in [5.74, 6) is -0.422.